The molecule has 1 aromatic carbocycles. The van der Waals surface area contributed by atoms with Crippen LogP contribution in [0.3, 0.4) is 0 Å². The third-order valence-electron chi connectivity index (χ3n) is 2.39. The summed E-state index contributed by atoms with van der Waals surface area (Å²) in [6, 6.07) is 4.07. The summed E-state index contributed by atoms with van der Waals surface area (Å²) in [6.45, 7) is 2.54. The highest BCUT2D eigenvalue weighted by Crippen LogP contribution is 2.19. The molecule has 0 aromatic heterocycles. The van der Waals surface area contributed by atoms with Crippen molar-refractivity contribution in [3.05, 3.63) is 23.8 Å². The van der Waals surface area contributed by atoms with E-state index in [-0.39, 0.29) is 24.6 Å². The Morgan fingerprint density at radius 3 is 2.26 bits per heavy atom. The molecule has 0 bridgehead atoms. The van der Waals surface area contributed by atoms with Gasteiger partial charge >= 0.3 is 6.98 Å². The van der Waals surface area contributed by atoms with Crippen LogP contribution in [0.4, 0.5) is 12.9 Å². The maximum absolute atomic E-state index is 12.9. The fourth-order valence-electron chi connectivity index (χ4n) is 1.55. The molecule has 1 aromatic rings. The van der Waals surface area contributed by atoms with Crippen LogP contribution in [0.25, 0.3) is 0 Å². The Morgan fingerprint density at radius 1 is 1.11 bits per heavy atom. The molecule has 0 radical (unpaired) electrons. The first-order valence-electron chi connectivity index (χ1n) is 6.17. The summed E-state index contributed by atoms with van der Waals surface area (Å²) in [6.07, 6.45) is 0. The summed E-state index contributed by atoms with van der Waals surface area (Å²) >= 11 is 0. The Kier molecular flexibility index (Phi) is 4.90. The van der Waals surface area contributed by atoms with Crippen LogP contribution in [-0.4, -0.2) is 25.8 Å². The molecule has 2 nitrogen and oxygen atoms in total. The Balaban J connectivity index is 2.68. The van der Waals surface area contributed by atoms with Crippen molar-refractivity contribution in [2.45, 2.75) is 33.3 Å². The molecule has 0 unspecified atom stereocenters. The van der Waals surface area contributed by atoms with E-state index in [1.165, 1.54) is 6.07 Å². The second-order valence-electron chi connectivity index (χ2n) is 5.43. The summed E-state index contributed by atoms with van der Waals surface area (Å²) in [5.74, 6) is -0.129. The number of benzene rings is 1. The fourth-order valence-corrected chi connectivity index (χ4v) is 1.55. The smallest absolute Gasteiger partial charge is 0.494 e. The van der Waals surface area contributed by atoms with E-state index < -0.39 is 12.4 Å². The molecule has 0 aliphatic rings. The zero-order chi connectivity index (χ0) is 14.7. The van der Waals surface area contributed by atoms with Gasteiger partial charge in [-0.2, -0.15) is 0 Å². The van der Waals surface area contributed by atoms with E-state index in [1.807, 2.05) is 20.8 Å². The van der Waals surface area contributed by atoms with Gasteiger partial charge in [0.15, 0.2) is 0 Å². The van der Waals surface area contributed by atoms with Gasteiger partial charge in [-0.25, -0.2) is 0 Å². The van der Waals surface area contributed by atoms with E-state index >= 15 is 0 Å². The lowest BCUT2D eigenvalue weighted by molar-refractivity contribution is -0.0162. The van der Waals surface area contributed by atoms with E-state index in [9.17, 15) is 12.9 Å². The predicted octanol–water partition coefficient (Wildman–Crippen LogP) is 3.24. The number of halogens is 3. The molecule has 0 amide bonds. The second kappa shape index (κ2) is 5.86. The first kappa shape index (κ1) is 15.9. The average Bonchev–Trinajstić information content (AvgIpc) is 2.23. The average molecular weight is 275 g/mol. The standard InChI is InChI=1S/C13H19BF3O2/c1-10-5-6-12(11(9-10)14(15,16)17)18-7-8-19-13(2,3)4/h5-6,9H,7-8H2,1-4H3/q-1. The van der Waals surface area contributed by atoms with Crippen molar-refractivity contribution < 1.29 is 22.4 Å². The molecule has 0 spiro atoms. The lowest BCUT2D eigenvalue weighted by atomic mass is 9.78. The highest BCUT2D eigenvalue weighted by atomic mass is 19.4. The van der Waals surface area contributed by atoms with Crippen LogP contribution in [0.5, 0.6) is 5.75 Å². The lowest BCUT2D eigenvalue weighted by Gasteiger charge is -2.22. The van der Waals surface area contributed by atoms with Gasteiger partial charge in [0.25, 0.3) is 0 Å². The first-order valence-corrected chi connectivity index (χ1v) is 6.17. The van der Waals surface area contributed by atoms with E-state index in [0.29, 0.717) is 5.56 Å². The number of aryl methyl sites for hydroxylation is 1. The van der Waals surface area contributed by atoms with Gasteiger partial charge in [-0.15, -0.1) is 0 Å². The highest BCUT2D eigenvalue weighted by molar-refractivity contribution is 6.74. The summed E-state index contributed by atoms with van der Waals surface area (Å²) in [5.41, 5.74) is -0.448. The van der Waals surface area contributed by atoms with Gasteiger partial charge in [-0.05, 0) is 33.8 Å². The molecule has 1 rings (SSSR count). The molecule has 0 heterocycles. The minimum Gasteiger partial charge on any atom is -0.494 e. The van der Waals surface area contributed by atoms with Crippen molar-refractivity contribution >= 4 is 12.4 Å². The normalized spacial score (nSPS) is 12.6. The molecule has 0 aliphatic carbocycles. The third kappa shape index (κ3) is 5.55. The van der Waals surface area contributed by atoms with E-state index in [1.54, 1.807) is 13.0 Å². The summed E-state index contributed by atoms with van der Waals surface area (Å²) in [7, 11) is 0. The molecular formula is C13H19BF3O2-. The third-order valence-corrected chi connectivity index (χ3v) is 2.39. The molecule has 6 heteroatoms. The minimum absolute atomic E-state index is 0.0967. The Labute approximate surface area is 112 Å². The van der Waals surface area contributed by atoms with Crippen molar-refractivity contribution in [3.8, 4) is 5.75 Å². The van der Waals surface area contributed by atoms with Crippen LogP contribution in [-0.2, 0) is 4.74 Å². The first-order chi connectivity index (χ1) is 8.59. The SMILES string of the molecule is Cc1ccc(OCCOC(C)(C)C)c([B-](F)(F)F)c1. The monoisotopic (exact) mass is 275 g/mol. The molecule has 19 heavy (non-hydrogen) atoms. The topological polar surface area (TPSA) is 18.5 Å². The largest absolute Gasteiger partial charge is 0.513 e. The molecule has 0 saturated heterocycles. The lowest BCUT2D eigenvalue weighted by Crippen LogP contribution is -2.36. The number of hydrogen-bond donors (Lipinski definition) is 0. The van der Waals surface area contributed by atoms with Crippen LogP contribution in [0.2, 0.25) is 0 Å². The maximum atomic E-state index is 12.9. The van der Waals surface area contributed by atoms with E-state index in [0.717, 1.165) is 6.07 Å². The summed E-state index contributed by atoms with van der Waals surface area (Å²) < 4.78 is 49.2. The molecular weight excluding hydrogens is 256 g/mol. The number of hydrogen-bond acceptors (Lipinski definition) is 2. The van der Waals surface area contributed by atoms with Crippen LogP contribution in [0, 0.1) is 6.92 Å². The zero-order valence-electron chi connectivity index (χ0n) is 11.7. The maximum Gasteiger partial charge on any atom is 0.513 e. The van der Waals surface area contributed by atoms with Gasteiger partial charge in [-0.1, -0.05) is 23.2 Å². The van der Waals surface area contributed by atoms with Crippen LogP contribution in [0.15, 0.2) is 18.2 Å². The summed E-state index contributed by atoms with van der Waals surface area (Å²) in [4.78, 5) is 0. The molecule has 0 N–H and O–H groups in total. The molecule has 108 valence electrons. The molecule has 0 aliphatic heterocycles. The van der Waals surface area contributed by atoms with Gasteiger partial charge in [0.05, 0.1) is 18.0 Å². The van der Waals surface area contributed by atoms with Crippen LogP contribution >= 0.6 is 0 Å². The van der Waals surface area contributed by atoms with Crippen molar-refractivity contribution in [2.75, 3.05) is 13.2 Å². The summed E-state index contributed by atoms with van der Waals surface area (Å²) in [5, 5.41) is 0. The van der Waals surface area contributed by atoms with Gasteiger partial charge in [0.1, 0.15) is 6.61 Å². The molecule has 0 fully saturated rings. The second-order valence-corrected chi connectivity index (χ2v) is 5.43. The Bertz CT molecular complexity index is 425. The van der Waals surface area contributed by atoms with Gasteiger partial charge < -0.3 is 22.4 Å². The molecule has 0 saturated carbocycles. The van der Waals surface area contributed by atoms with Crippen molar-refractivity contribution in [1.82, 2.24) is 0 Å². The Morgan fingerprint density at radius 2 is 1.74 bits per heavy atom. The quantitative estimate of drug-likeness (QED) is 0.606. The van der Waals surface area contributed by atoms with Crippen molar-refractivity contribution in [3.63, 3.8) is 0 Å². The van der Waals surface area contributed by atoms with Crippen molar-refractivity contribution in [2.24, 2.45) is 0 Å². The van der Waals surface area contributed by atoms with E-state index in [2.05, 4.69) is 0 Å². The van der Waals surface area contributed by atoms with Gasteiger partial charge in [-0.3, -0.25) is 0 Å². The fraction of sp³-hybridized carbons (Fsp3) is 0.538. The van der Waals surface area contributed by atoms with Crippen LogP contribution in [0.1, 0.15) is 26.3 Å². The van der Waals surface area contributed by atoms with Crippen molar-refractivity contribution in [1.29, 1.82) is 0 Å². The van der Waals surface area contributed by atoms with Crippen LogP contribution < -0.4 is 10.2 Å². The predicted molar refractivity (Wildman–Crippen MR) is 71.1 cm³/mol. The zero-order valence-corrected chi connectivity index (χ0v) is 11.7. The minimum atomic E-state index is -5.07. The number of rotatable bonds is 5. The Hall–Kier alpha value is -1.17. The number of ether oxygens (including phenoxy) is 2. The van der Waals surface area contributed by atoms with E-state index in [4.69, 9.17) is 9.47 Å². The molecule has 0 atom stereocenters. The van der Waals surface area contributed by atoms with Gasteiger partial charge in [0.2, 0.25) is 0 Å². The highest BCUT2D eigenvalue weighted by Gasteiger charge is 2.29. The van der Waals surface area contributed by atoms with Gasteiger partial charge in [0, 0.05) is 0 Å².